The fourth-order valence-electron chi connectivity index (χ4n) is 1.66. The van der Waals surface area contributed by atoms with Gasteiger partial charge in [0.2, 0.25) is 0 Å². The minimum atomic E-state index is -4.43. The number of nitrogens with one attached hydrogen (secondary N) is 1. The standard InChI is InChI=1S/C13H17F3N2O2/c1-9-3-2-4-10(5-6-17)12(9)20-7-11(19)18-8-13(14,15)16/h2-4H,5-8,17H2,1H3,(H,18,19). The quantitative estimate of drug-likeness (QED) is 0.835. The number of hydrogen-bond donors (Lipinski definition) is 2. The van der Waals surface area contributed by atoms with Crippen LogP contribution in [0.15, 0.2) is 18.2 Å². The summed E-state index contributed by atoms with van der Waals surface area (Å²) in [5.74, 6) is -0.315. The first-order valence-corrected chi connectivity index (χ1v) is 6.08. The molecule has 0 fully saturated rings. The second-order valence-corrected chi connectivity index (χ2v) is 4.28. The highest BCUT2D eigenvalue weighted by Gasteiger charge is 2.27. The van der Waals surface area contributed by atoms with E-state index in [1.54, 1.807) is 18.3 Å². The number of carbonyl (C=O) groups excluding carboxylic acids is 1. The van der Waals surface area contributed by atoms with Gasteiger partial charge in [0.1, 0.15) is 12.3 Å². The number of halogens is 3. The normalized spacial score (nSPS) is 11.2. The molecule has 0 unspecified atom stereocenters. The van der Waals surface area contributed by atoms with Crippen molar-refractivity contribution in [1.82, 2.24) is 5.32 Å². The maximum Gasteiger partial charge on any atom is 0.405 e. The maximum atomic E-state index is 11.9. The Morgan fingerprint density at radius 3 is 2.70 bits per heavy atom. The molecule has 0 aliphatic heterocycles. The highest BCUT2D eigenvalue weighted by atomic mass is 19.4. The van der Waals surface area contributed by atoms with E-state index in [4.69, 9.17) is 10.5 Å². The lowest BCUT2D eigenvalue weighted by Crippen LogP contribution is -2.36. The van der Waals surface area contributed by atoms with Crippen LogP contribution < -0.4 is 15.8 Å². The number of amides is 1. The number of rotatable bonds is 6. The lowest BCUT2D eigenvalue weighted by molar-refractivity contribution is -0.139. The topological polar surface area (TPSA) is 64.3 Å². The first kappa shape index (κ1) is 16.3. The Labute approximate surface area is 115 Å². The van der Waals surface area contributed by atoms with Gasteiger partial charge in [-0.15, -0.1) is 0 Å². The molecule has 1 aromatic rings. The largest absolute Gasteiger partial charge is 0.483 e. The highest BCUT2D eigenvalue weighted by molar-refractivity contribution is 5.77. The van der Waals surface area contributed by atoms with Crippen LogP contribution >= 0.6 is 0 Å². The Morgan fingerprint density at radius 1 is 1.40 bits per heavy atom. The molecule has 0 atom stereocenters. The number of carbonyl (C=O) groups is 1. The van der Waals surface area contributed by atoms with Crippen LogP contribution in [0.4, 0.5) is 13.2 Å². The van der Waals surface area contributed by atoms with Crippen LogP contribution in [-0.4, -0.2) is 31.8 Å². The Kier molecular flexibility index (Phi) is 5.82. The predicted octanol–water partition coefficient (Wildman–Crippen LogP) is 1.55. The minimum absolute atomic E-state index is 0.417. The molecule has 0 aliphatic carbocycles. The summed E-state index contributed by atoms with van der Waals surface area (Å²) in [5, 5.41) is 1.75. The van der Waals surface area contributed by atoms with Crippen LogP contribution in [0, 0.1) is 6.92 Å². The van der Waals surface area contributed by atoms with Gasteiger partial charge in [0.15, 0.2) is 6.61 Å². The van der Waals surface area contributed by atoms with Gasteiger partial charge < -0.3 is 15.8 Å². The van der Waals surface area contributed by atoms with Crippen molar-refractivity contribution in [2.24, 2.45) is 5.73 Å². The van der Waals surface area contributed by atoms with E-state index < -0.39 is 25.2 Å². The number of nitrogens with two attached hydrogens (primary N) is 1. The number of alkyl halides is 3. The van der Waals surface area contributed by atoms with E-state index in [0.29, 0.717) is 18.7 Å². The third-order valence-electron chi connectivity index (χ3n) is 2.54. The van der Waals surface area contributed by atoms with Gasteiger partial charge in [-0.3, -0.25) is 4.79 Å². The van der Waals surface area contributed by atoms with Gasteiger partial charge >= 0.3 is 6.18 Å². The van der Waals surface area contributed by atoms with Crippen LogP contribution in [0.1, 0.15) is 11.1 Å². The molecule has 4 nitrogen and oxygen atoms in total. The fraction of sp³-hybridized carbons (Fsp3) is 0.462. The molecular weight excluding hydrogens is 273 g/mol. The van der Waals surface area contributed by atoms with Crippen molar-refractivity contribution >= 4 is 5.91 Å². The monoisotopic (exact) mass is 290 g/mol. The zero-order chi connectivity index (χ0) is 15.2. The summed E-state index contributed by atoms with van der Waals surface area (Å²) in [6.07, 6.45) is -3.86. The lowest BCUT2D eigenvalue weighted by atomic mass is 10.1. The van der Waals surface area contributed by atoms with E-state index in [0.717, 1.165) is 11.1 Å². The first-order chi connectivity index (χ1) is 9.33. The maximum absolute atomic E-state index is 11.9. The van der Waals surface area contributed by atoms with Gasteiger partial charge in [0.05, 0.1) is 0 Å². The lowest BCUT2D eigenvalue weighted by Gasteiger charge is -2.14. The van der Waals surface area contributed by atoms with Gasteiger partial charge in [-0.2, -0.15) is 13.2 Å². The van der Waals surface area contributed by atoms with E-state index in [9.17, 15) is 18.0 Å². The summed E-state index contributed by atoms with van der Waals surface area (Å²) in [4.78, 5) is 11.3. The molecule has 7 heteroatoms. The van der Waals surface area contributed by atoms with Crippen LogP contribution in [0.5, 0.6) is 5.75 Å². The first-order valence-electron chi connectivity index (χ1n) is 6.08. The van der Waals surface area contributed by atoms with Crippen molar-refractivity contribution in [2.75, 3.05) is 19.7 Å². The van der Waals surface area contributed by atoms with Crippen molar-refractivity contribution in [1.29, 1.82) is 0 Å². The van der Waals surface area contributed by atoms with Crippen LogP contribution in [0.3, 0.4) is 0 Å². The second-order valence-electron chi connectivity index (χ2n) is 4.28. The third-order valence-corrected chi connectivity index (χ3v) is 2.54. The molecule has 0 radical (unpaired) electrons. The SMILES string of the molecule is Cc1cccc(CCN)c1OCC(=O)NCC(F)(F)F. The molecule has 0 aliphatic rings. The Hall–Kier alpha value is -1.76. The molecule has 20 heavy (non-hydrogen) atoms. The molecule has 0 bridgehead atoms. The van der Waals surface area contributed by atoms with Crippen molar-refractivity contribution in [3.05, 3.63) is 29.3 Å². The Morgan fingerprint density at radius 2 is 2.10 bits per heavy atom. The number of para-hydroxylation sites is 1. The average Bonchev–Trinajstić information content (AvgIpc) is 2.35. The zero-order valence-corrected chi connectivity index (χ0v) is 11.1. The zero-order valence-electron chi connectivity index (χ0n) is 11.1. The van der Waals surface area contributed by atoms with Crippen molar-refractivity contribution in [3.8, 4) is 5.75 Å². The molecular formula is C13H17F3N2O2. The molecule has 1 aromatic carbocycles. The van der Waals surface area contributed by atoms with Crippen LogP contribution in [0.25, 0.3) is 0 Å². The van der Waals surface area contributed by atoms with E-state index in [1.807, 2.05) is 12.1 Å². The van der Waals surface area contributed by atoms with Crippen LogP contribution in [0.2, 0.25) is 0 Å². The summed E-state index contributed by atoms with van der Waals surface area (Å²) in [5.41, 5.74) is 7.11. The fourth-order valence-corrected chi connectivity index (χ4v) is 1.66. The number of aryl methyl sites for hydroxylation is 1. The van der Waals surface area contributed by atoms with Gasteiger partial charge in [-0.25, -0.2) is 0 Å². The second kappa shape index (κ2) is 7.14. The number of ether oxygens (including phenoxy) is 1. The van der Waals surface area contributed by atoms with Crippen LogP contribution in [-0.2, 0) is 11.2 Å². The Balaban J connectivity index is 2.59. The molecule has 0 spiro atoms. The summed E-state index contributed by atoms with van der Waals surface area (Å²) in [6.45, 7) is 0.389. The van der Waals surface area contributed by atoms with Crippen molar-refractivity contribution in [2.45, 2.75) is 19.5 Å². The van der Waals surface area contributed by atoms with E-state index in [-0.39, 0.29) is 0 Å². The number of benzene rings is 1. The van der Waals surface area contributed by atoms with Gasteiger partial charge in [-0.05, 0) is 31.0 Å². The summed E-state index contributed by atoms with van der Waals surface area (Å²) in [7, 11) is 0. The molecule has 112 valence electrons. The van der Waals surface area contributed by atoms with Crippen molar-refractivity contribution in [3.63, 3.8) is 0 Å². The average molecular weight is 290 g/mol. The molecule has 0 heterocycles. The summed E-state index contributed by atoms with van der Waals surface area (Å²) >= 11 is 0. The molecule has 1 amide bonds. The Bertz CT molecular complexity index is 461. The number of hydrogen-bond acceptors (Lipinski definition) is 3. The molecule has 0 saturated heterocycles. The van der Waals surface area contributed by atoms with E-state index in [1.165, 1.54) is 0 Å². The summed E-state index contributed by atoms with van der Waals surface area (Å²) in [6, 6.07) is 5.43. The van der Waals surface area contributed by atoms with Crippen molar-refractivity contribution < 1.29 is 22.7 Å². The van der Waals surface area contributed by atoms with Gasteiger partial charge in [0.25, 0.3) is 5.91 Å². The molecule has 3 N–H and O–H groups in total. The summed E-state index contributed by atoms with van der Waals surface area (Å²) < 4.78 is 41.1. The van der Waals surface area contributed by atoms with E-state index in [2.05, 4.69) is 0 Å². The molecule has 0 saturated carbocycles. The molecule has 0 aromatic heterocycles. The molecule has 1 rings (SSSR count). The predicted molar refractivity (Wildman–Crippen MR) is 68.5 cm³/mol. The van der Waals surface area contributed by atoms with Gasteiger partial charge in [0, 0.05) is 0 Å². The minimum Gasteiger partial charge on any atom is -0.483 e. The van der Waals surface area contributed by atoms with E-state index >= 15 is 0 Å². The van der Waals surface area contributed by atoms with Gasteiger partial charge in [-0.1, -0.05) is 18.2 Å². The third kappa shape index (κ3) is 5.48. The highest BCUT2D eigenvalue weighted by Crippen LogP contribution is 2.23. The smallest absolute Gasteiger partial charge is 0.405 e.